The molecule has 0 unspecified atom stereocenters. The van der Waals surface area contributed by atoms with Gasteiger partial charge in [0.2, 0.25) is 5.91 Å². The minimum Gasteiger partial charge on any atom is -0.493 e. The quantitative estimate of drug-likeness (QED) is 0.862. The Morgan fingerprint density at radius 3 is 2.96 bits per heavy atom. The van der Waals surface area contributed by atoms with Crippen molar-refractivity contribution >= 4 is 5.91 Å². The van der Waals surface area contributed by atoms with E-state index in [1.54, 1.807) is 4.90 Å². The summed E-state index contributed by atoms with van der Waals surface area (Å²) in [5.74, 6) is 0.158. The number of H-pyrrole nitrogens is 1. The molecule has 0 spiro atoms. The lowest BCUT2D eigenvalue weighted by molar-refractivity contribution is -0.138. The van der Waals surface area contributed by atoms with E-state index in [4.69, 9.17) is 9.47 Å². The number of carbonyl (C=O) groups excluding carboxylic acids is 1. The molecule has 1 aromatic carbocycles. The van der Waals surface area contributed by atoms with Gasteiger partial charge in [-0.25, -0.2) is 0 Å². The Balaban J connectivity index is 1.54. The lowest BCUT2D eigenvalue weighted by Crippen LogP contribution is -2.41. The second-order valence-corrected chi connectivity index (χ2v) is 6.27. The molecule has 0 saturated carbocycles. The molecule has 1 aromatic heterocycles. The highest BCUT2D eigenvalue weighted by molar-refractivity contribution is 5.73. The number of aromatic amines is 1. The van der Waals surface area contributed by atoms with Gasteiger partial charge in [-0.3, -0.25) is 9.89 Å². The fourth-order valence-electron chi connectivity index (χ4n) is 2.83. The molecule has 9 heteroatoms. The van der Waals surface area contributed by atoms with Gasteiger partial charge in [-0.1, -0.05) is 6.07 Å². The summed E-state index contributed by atoms with van der Waals surface area (Å²) in [6.45, 7) is 3.18. The lowest BCUT2D eigenvalue weighted by Gasteiger charge is -2.31. The molecule has 2 heterocycles. The van der Waals surface area contributed by atoms with Gasteiger partial charge in [-0.15, -0.1) is 0 Å². The molecule has 0 radical (unpaired) electrons. The van der Waals surface area contributed by atoms with Crippen LogP contribution in [0.4, 0.5) is 13.2 Å². The molecule has 1 atom stereocenters. The van der Waals surface area contributed by atoms with Crippen molar-refractivity contribution in [1.82, 2.24) is 15.1 Å². The van der Waals surface area contributed by atoms with Gasteiger partial charge in [0.1, 0.15) is 11.9 Å². The standard InChI is InChI=1S/C18H20F3N3O3/c1-12(25)24-6-8-27-17(11-24)16-10-14(22-23-16)5-7-26-15-4-2-3-13(9-15)18(19,20)21/h2-4,9-10,17H,5-8,11H2,1H3,(H,22,23)/t17-/m1/s1. The molecule has 1 amide bonds. The van der Waals surface area contributed by atoms with E-state index in [0.29, 0.717) is 31.8 Å². The maximum Gasteiger partial charge on any atom is 0.416 e. The Kier molecular flexibility index (Phi) is 5.69. The second-order valence-electron chi connectivity index (χ2n) is 6.27. The van der Waals surface area contributed by atoms with E-state index < -0.39 is 11.7 Å². The van der Waals surface area contributed by atoms with Gasteiger partial charge in [0.15, 0.2) is 0 Å². The number of rotatable bonds is 5. The first-order valence-electron chi connectivity index (χ1n) is 8.54. The monoisotopic (exact) mass is 383 g/mol. The van der Waals surface area contributed by atoms with Crippen LogP contribution in [0.1, 0.15) is 30.0 Å². The number of nitrogens with one attached hydrogen (secondary N) is 1. The highest BCUT2D eigenvalue weighted by Crippen LogP contribution is 2.31. The molecule has 3 rings (SSSR count). The van der Waals surface area contributed by atoms with Crippen LogP contribution in [-0.2, 0) is 22.1 Å². The summed E-state index contributed by atoms with van der Waals surface area (Å²) in [6.07, 6.45) is -4.24. The number of aromatic nitrogens is 2. The minimum atomic E-state index is -4.40. The number of amides is 1. The number of carbonyl (C=O) groups is 1. The first-order chi connectivity index (χ1) is 12.8. The Morgan fingerprint density at radius 2 is 2.22 bits per heavy atom. The number of morpholine rings is 1. The van der Waals surface area contributed by atoms with Crippen LogP contribution in [0.2, 0.25) is 0 Å². The van der Waals surface area contributed by atoms with Crippen molar-refractivity contribution in [3.05, 3.63) is 47.3 Å². The number of halogens is 3. The molecular formula is C18H20F3N3O3. The molecule has 0 bridgehead atoms. The van der Waals surface area contributed by atoms with E-state index in [-0.39, 0.29) is 24.4 Å². The molecule has 2 aromatic rings. The van der Waals surface area contributed by atoms with Gasteiger partial charge < -0.3 is 14.4 Å². The molecule has 0 aliphatic carbocycles. The molecule has 6 nitrogen and oxygen atoms in total. The van der Waals surface area contributed by atoms with E-state index in [9.17, 15) is 18.0 Å². The summed E-state index contributed by atoms with van der Waals surface area (Å²) in [4.78, 5) is 13.2. The molecule has 146 valence electrons. The van der Waals surface area contributed by atoms with Gasteiger partial charge in [0.25, 0.3) is 0 Å². The first kappa shape index (κ1) is 19.2. The summed E-state index contributed by atoms with van der Waals surface area (Å²) < 4.78 is 49.2. The maximum atomic E-state index is 12.7. The van der Waals surface area contributed by atoms with Crippen LogP contribution < -0.4 is 4.74 Å². The Bertz CT molecular complexity index is 791. The van der Waals surface area contributed by atoms with Crippen molar-refractivity contribution in [3.63, 3.8) is 0 Å². The van der Waals surface area contributed by atoms with Crippen LogP contribution in [0.15, 0.2) is 30.3 Å². The fraction of sp³-hybridized carbons (Fsp3) is 0.444. The van der Waals surface area contributed by atoms with E-state index >= 15 is 0 Å². The number of benzene rings is 1. The van der Waals surface area contributed by atoms with E-state index in [1.165, 1.54) is 19.1 Å². The SMILES string of the molecule is CC(=O)N1CCO[C@@H](c2cc(CCOc3cccc(C(F)(F)F)c3)[nH]n2)C1. The van der Waals surface area contributed by atoms with Crippen molar-refractivity contribution < 1.29 is 27.4 Å². The van der Waals surface area contributed by atoms with Gasteiger partial charge in [0.05, 0.1) is 31.0 Å². The van der Waals surface area contributed by atoms with Crippen molar-refractivity contribution in [2.24, 2.45) is 0 Å². The van der Waals surface area contributed by atoms with E-state index in [1.807, 2.05) is 6.07 Å². The lowest BCUT2D eigenvalue weighted by atomic mass is 10.2. The topological polar surface area (TPSA) is 67.5 Å². The third-order valence-corrected chi connectivity index (χ3v) is 4.29. The molecule has 1 aliphatic rings. The highest BCUT2D eigenvalue weighted by Gasteiger charge is 2.30. The van der Waals surface area contributed by atoms with Gasteiger partial charge in [-0.2, -0.15) is 18.3 Å². The van der Waals surface area contributed by atoms with Gasteiger partial charge in [0, 0.05) is 25.6 Å². The van der Waals surface area contributed by atoms with E-state index in [2.05, 4.69) is 10.2 Å². The third kappa shape index (κ3) is 5.00. The van der Waals surface area contributed by atoms with Crippen molar-refractivity contribution in [3.8, 4) is 5.75 Å². The zero-order valence-electron chi connectivity index (χ0n) is 14.8. The van der Waals surface area contributed by atoms with Crippen molar-refractivity contribution in [2.75, 3.05) is 26.3 Å². The summed E-state index contributed by atoms with van der Waals surface area (Å²) in [5.41, 5.74) is 0.726. The van der Waals surface area contributed by atoms with Crippen LogP contribution >= 0.6 is 0 Å². The molecule has 1 saturated heterocycles. The Morgan fingerprint density at radius 1 is 1.41 bits per heavy atom. The van der Waals surface area contributed by atoms with Crippen LogP contribution in [0, 0.1) is 0 Å². The smallest absolute Gasteiger partial charge is 0.416 e. The largest absolute Gasteiger partial charge is 0.493 e. The summed E-state index contributed by atoms with van der Waals surface area (Å²) in [5, 5.41) is 7.09. The first-order valence-corrected chi connectivity index (χ1v) is 8.54. The molecule has 1 aliphatic heterocycles. The number of hydrogen-bond donors (Lipinski definition) is 1. The van der Waals surface area contributed by atoms with E-state index in [0.717, 1.165) is 17.8 Å². The molecule has 27 heavy (non-hydrogen) atoms. The number of alkyl halides is 3. The molecule has 1 N–H and O–H groups in total. The highest BCUT2D eigenvalue weighted by atomic mass is 19.4. The van der Waals surface area contributed by atoms with Crippen LogP contribution in [0.5, 0.6) is 5.75 Å². The summed E-state index contributed by atoms with van der Waals surface area (Å²) in [6, 6.07) is 6.60. The predicted molar refractivity (Wildman–Crippen MR) is 90.2 cm³/mol. The summed E-state index contributed by atoms with van der Waals surface area (Å²) >= 11 is 0. The average molecular weight is 383 g/mol. The normalized spacial score (nSPS) is 17.8. The molecule has 1 fully saturated rings. The van der Waals surface area contributed by atoms with Crippen LogP contribution in [-0.4, -0.2) is 47.3 Å². The Hall–Kier alpha value is -2.55. The van der Waals surface area contributed by atoms with Gasteiger partial charge >= 0.3 is 6.18 Å². The average Bonchev–Trinajstić information content (AvgIpc) is 3.10. The third-order valence-electron chi connectivity index (χ3n) is 4.29. The predicted octanol–water partition coefficient (Wildman–Crippen LogP) is 2.97. The van der Waals surface area contributed by atoms with Gasteiger partial charge in [-0.05, 0) is 24.3 Å². The number of ether oxygens (including phenoxy) is 2. The van der Waals surface area contributed by atoms with Crippen molar-refractivity contribution in [2.45, 2.75) is 25.6 Å². The second kappa shape index (κ2) is 7.99. The Labute approximate surface area is 154 Å². The molecular weight excluding hydrogens is 363 g/mol. The number of nitrogens with zero attached hydrogens (tertiary/aromatic N) is 2. The summed E-state index contributed by atoms with van der Waals surface area (Å²) in [7, 11) is 0. The number of hydrogen-bond acceptors (Lipinski definition) is 4. The fourth-order valence-corrected chi connectivity index (χ4v) is 2.83. The van der Waals surface area contributed by atoms with Crippen LogP contribution in [0.25, 0.3) is 0 Å². The minimum absolute atomic E-state index is 0.00598. The van der Waals surface area contributed by atoms with Crippen LogP contribution in [0.3, 0.4) is 0 Å². The maximum absolute atomic E-state index is 12.7. The van der Waals surface area contributed by atoms with Crippen molar-refractivity contribution in [1.29, 1.82) is 0 Å². The zero-order valence-corrected chi connectivity index (χ0v) is 14.8. The zero-order chi connectivity index (χ0) is 19.4.